The smallest absolute Gasteiger partial charge is 0.0456 e. The lowest BCUT2D eigenvalue weighted by Gasteiger charge is -2.13. The third kappa shape index (κ3) is 2.45. The van der Waals surface area contributed by atoms with Gasteiger partial charge in [0.15, 0.2) is 0 Å². The Morgan fingerprint density at radius 3 is 2.75 bits per heavy atom. The van der Waals surface area contributed by atoms with Gasteiger partial charge in [-0.15, -0.1) is 0 Å². The standard InChI is InChI=1S/C14H20N2/c1-10(2)7-12(15)8-11-9-16-14-6-4-3-5-13(11)14/h3-6,9-10,12,16H,7-8,15H2,1-2H3/t12-/m1/s1. The SMILES string of the molecule is CC(C)C[C@@H](N)Cc1c[nH]c2ccccc12. The molecule has 0 aliphatic rings. The summed E-state index contributed by atoms with van der Waals surface area (Å²) in [6.45, 7) is 4.43. The number of H-pyrrole nitrogens is 1. The van der Waals surface area contributed by atoms with Gasteiger partial charge in [0, 0.05) is 23.1 Å². The van der Waals surface area contributed by atoms with Gasteiger partial charge in [-0.2, -0.15) is 0 Å². The number of benzene rings is 1. The Morgan fingerprint density at radius 1 is 1.25 bits per heavy atom. The second-order valence-corrected chi connectivity index (χ2v) is 4.95. The van der Waals surface area contributed by atoms with Crippen LogP contribution in [-0.2, 0) is 6.42 Å². The van der Waals surface area contributed by atoms with E-state index in [1.165, 1.54) is 16.5 Å². The van der Waals surface area contributed by atoms with Gasteiger partial charge in [0.05, 0.1) is 0 Å². The van der Waals surface area contributed by atoms with Crippen LogP contribution < -0.4 is 5.73 Å². The highest BCUT2D eigenvalue weighted by Gasteiger charge is 2.09. The highest BCUT2D eigenvalue weighted by atomic mass is 14.7. The van der Waals surface area contributed by atoms with Crippen LogP contribution in [0.15, 0.2) is 30.5 Å². The van der Waals surface area contributed by atoms with Gasteiger partial charge < -0.3 is 10.7 Å². The summed E-state index contributed by atoms with van der Waals surface area (Å²) in [5, 5.41) is 1.31. The maximum Gasteiger partial charge on any atom is 0.0456 e. The minimum Gasteiger partial charge on any atom is -0.361 e. The van der Waals surface area contributed by atoms with Crippen LogP contribution in [0.5, 0.6) is 0 Å². The van der Waals surface area contributed by atoms with E-state index in [-0.39, 0.29) is 6.04 Å². The molecule has 2 heteroatoms. The molecule has 1 heterocycles. The zero-order valence-corrected chi connectivity index (χ0v) is 10.0. The average Bonchev–Trinajstić information content (AvgIpc) is 2.61. The normalized spacial score (nSPS) is 13.5. The van der Waals surface area contributed by atoms with E-state index >= 15 is 0 Å². The molecule has 0 saturated heterocycles. The Bertz CT molecular complexity index is 456. The number of rotatable bonds is 4. The molecule has 0 bridgehead atoms. The lowest BCUT2D eigenvalue weighted by Crippen LogP contribution is -2.24. The monoisotopic (exact) mass is 216 g/mol. The zero-order chi connectivity index (χ0) is 11.5. The second kappa shape index (κ2) is 4.71. The minimum atomic E-state index is 0.263. The van der Waals surface area contributed by atoms with Gasteiger partial charge in [-0.1, -0.05) is 32.0 Å². The molecule has 2 nitrogen and oxygen atoms in total. The van der Waals surface area contributed by atoms with Gasteiger partial charge in [-0.3, -0.25) is 0 Å². The molecule has 0 aliphatic carbocycles. The van der Waals surface area contributed by atoms with Crippen molar-refractivity contribution in [1.29, 1.82) is 0 Å². The van der Waals surface area contributed by atoms with Crippen molar-refractivity contribution in [3.8, 4) is 0 Å². The molecule has 86 valence electrons. The number of aromatic amines is 1. The maximum absolute atomic E-state index is 6.14. The molecule has 3 N–H and O–H groups in total. The molecule has 0 amide bonds. The minimum absolute atomic E-state index is 0.263. The van der Waals surface area contributed by atoms with Gasteiger partial charge in [0.2, 0.25) is 0 Å². The fourth-order valence-electron chi connectivity index (χ4n) is 2.27. The summed E-state index contributed by atoms with van der Waals surface area (Å²) >= 11 is 0. The molecule has 2 rings (SSSR count). The quantitative estimate of drug-likeness (QED) is 0.810. The fraction of sp³-hybridized carbons (Fsp3) is 0.429. The van der Waals surface area contributed by atoms with Crippen molar-refractivity contribution in [2.75, 3.05) is 0 Å². The molecule has 16 heavy (non-hydrogen) atoms. The molecule has 1 aromatic heterocycles. The molecule has 0 unspecified atom stereocenters. The molecule has 0 fully saturated rings. The molecule has 0 spiro atoms. The number of fused-ring (bicyclic) bond motifs is 1. The van der Waals surface area contributed by atoms with E-state index < -0.39 is 0 Å². The fourth-order valence-corrected chi connectivity index (χ4v) is 2.27. The molecule has 0 saturated carbocycles. The van der Waals surface area contributed by atoms with Crippen molar-refractivity contribution >= 4 is 10.9 Å². The molecular weight excluding hydrogens is 196 g/mol. The summed E-state index contributed by atoms with van der Waals surface area (Å²) < 4.78 is 0. The van der Waals surface area contributed by atoms with Crippen molar-refractivity contribution in [1.82, 2.24) is 4.98 Å². The van der Waals surface area contributed by atoms with Gasteiger partial charge >= 0.3 is 0 Å². The van der Waals surface area contributed by atoms with Gasteiger partial charge in [0.25, 0.3) is 0 Å². The number of aromatic nitrogens is 1. The number of nitrogens with one attached hydrogen (secondary N) is 1. The molecular formula is C14H20N2. The number of hydrogen-bond donors (Lipinski definition) is 2. The number of hydrogen-bond acceptors (Lipinski definition) is 1. The van der Waals surface area contributed by atoms with Crippen molar-refractivity contribution in [2.45, 2.75) is 32.7 Å². The van der Waals surface area contributed by atoms with Crippen molar-refractivity contribution < 1.29 is 0 Å². The summed E-state index contributed by atoms with van der Waals surface area (Å²) in [6, 6.07) is 8.65. The summed E-state index contributed by atoms with van der Waals surface area (Å²) in [5.74, 6) is 0.667. The van der Waals surface area contributed by atoms with E-state index in [1.54, 1.807) is 0 Å². The lowest BCUT2D eigenvalue weighted by molar-refractivity contribution is 0.494. The average molecular weight is 216 g/mol. The third-order valence-corrected chi connectivity index (χ3v) is 2.93. The number of nitrogens with two attached hydrogens (primary N) is 1. The van der Waals surface area contributed by atoms with Crippen LogP contribution in [0.3, 0.4) is 0 Å². The van der Waals surface area contributed by atoms with Crippen molar-refractivity contribution in [2.24, 2.45) is 11.7 Å². The van der Waals surface area contributed by atoms with E-state index in [9.17, 15) is 0 Å². The zero-order valence-electron chi connectivity index (χ0n) is 10.0. The van der Waals surface area contributed by atoms with Crippen LogP contribution in [0.4, 0.5) is 0 Å². The molecule has 1 atom stereocenters. The predicted molar refractivity (Wildman–Crippen MR) is 69.4 cm³/mol. The summed E-state index contributed by atoms with van der Waals surface area (Å²) in [4.78, 5) is 3.29. The van der Waals surface area contributed by atoms with Gasteiger partial charge in [-0.25, -0.2) is 0 Å². The third-order valence-electron chi connectivity index (χ3n) is 2.93. The molecule has 1 aromatic carbocycles. The van der Waals surface area contributed by atoms with Crippen LogP contribution in [-0.4, -0.2) is 11.0 Å². The first-order valence-electron chi connectivity index (χ1n) is 5.97. The van der Waals surface area contributed by atoms with Crippen molar-refractivity contribution in [3.63, 3.8) is 0 Å². The van der Waals surface area contributed by atoms with Crippen LogP contribution >= 0.6 is 0 Å². The van der Waals surface area contributed by atoms with E-state index in [0.29, 0.717) is 5.92 Å². The first-order chi connectivity index (χ1) is 7.66. The number of para-hydroxylation sites is 1. The van der Waals surface area contributed by atoms with Gasteiger partial charge in [-0.05, 0) is 30.4 Å². The van der Waals surface area contributed by atoms with Crippen LogP contribution in [0.25, 0.3) is 10.9 Å². The summed E-state index contributed by atoms with van der Waals surface area (Å²) in [6.07, 6.45) is 4.13. The predicted octanol–water partition coefficient (Wildman–Crippen LogP) is 3.08. The Morgan fingerprint density at radius 2 is 2.00 bits per heavy atom. The first-order valence-corrected chi connectivity index (χ1v) is 5.97. The topological polar surface area (TPSA) is 41.8 Å². The first kappa shape index (κ1) is 11.2. The maximum atomic E-state index is 6.14. The Hall–Kier alpha value is -1.28. The lowest BCUT2D eigenvalue weighted by atomic mass is 9.98. The van der Waals surface area contributed by atoms with E-state index in [2.05, 4.69) is 49.3 Å². The Balaban J connectivity index is 2.15. The Labute approximate surface area is 96.9 Å². The van der Waals surface area contributed by atoms with E-state index in [0.717, 1.165) is 12.8 Å². The molecule has 0 aliphatic heterocycles. The highest BCUT2D eigenvalue weighted by molar-refractivity contribution is 5.83. The van der Waals surface area contributed by atoms with Crippen LogP contribution in [0.2, 0.25) is 0 Å². The summed E-state index contributed by atoms with van der Waals surface area (Å²) in [5.41, 5.74) is 8.68. The molecule has 2 aromatic rings. The van der Waals surface area contributed by atoms with E-state index in [1.807, 2.05) is 0 Å². The van der Waals surface area contributed by atoms with Gasteiger partial charge in [0.1, 0.15) is 0 Å². The van der Waals surface area contributed by atoms with Crippen LogP contribution in [0, 0.1) is 5.92 Å². The Kier molecular flexibility index (Phi) is 3.30. The molecule has 0 radical (unpaired) electrons. The highest BCUT2D eigenvalue weighted by Crippen LogP contribution is 2.19. The van der Waals surface area contributed by atoms with Crippen LogP contribution in [0.1, 0.15) is 25.8 Å². The largest absolute Gasteiger partial charge is 0.361 e. The second-order valence-electron chi connectivity index (χ2n) is 4.95. The van der Waals surface area contributed by atoms with E-state index in [4.69, 9.17) is 5.73 Å². The van der Waals surface area contributed by atoms with Crippen molar-refractivity contribution in [3.05, 3.63) is 36.0 Å². The summed E-state index contributed by atoms with van der Waals surface area (Å²) in [7, 11) is 0.